The third-order valence-corrected chi connectivity index (χ3v) is 7.89. The van der Waals surface area contributed by atoms with E-state index in [-0.39, 0.29) is 11.6 Å². The van der Waals surface area contributed by atoms with Crippen LogP contribution < -0.4 is 16.4 Å². The molecule has 0 unspecified atom stereocenters. The minimum Gasteiger partial charge on any atom is -0.365 e. The highest BCUT2D eigenvalue weighted by molar-refractivity contribution is 7.10. The van der Waals surface area contributed by atoms with Crippen LogP contribution in [-0.2, 0) is 9.59 Å². The van der Waals surface area contributed by atoms with Crippen molar-refractivity contribution in [2.24, 2.45) is 0 Å². The Bertz CT molecular complexity index is 1280. The number of Topliss-reactive ketones (excluding diaryl/α,β-unsaturated/α-hetero) is 1. The number of nitrogens with zero attached hydrogens (tertiary/aromatic N) is 3. The van der Waals surface area contributed by atoms with E-state index in [1.807, 2.05) is 14.7 Å². The van der Waals surface area contributed by atoms with Crippen molar-refractivity contribution in [3.8, 4) is 0 Å². The second-order valence-electron chi connectivity index (χ2n) is 10.4. The fourth-order valence-corrected chi connectivity index (χ4v) is 5.37. The van der Waals surface area contributed by atoms with Crippen molar-refractivity contribution >= 4 is 34.1 Å². The summed E-state index contributed by atoms with van der Waals surface area (Å²) in [6, 6.07) is 32.4. The van der Waals surface area contributed by atoms with Gasteiger partial charge >= 0.3 is 0 Å². The molecule has 37 heavy (non-hydrogen) atoms. The van der Waals surface area contributed by atoms with E-state index >= 15 is 0 Å². The van der Waals surface area contributed by atoms with Crippen LogP contribution in [0.2, 0.25) is 6.82 Å². The first-order chi connectivity index (χ1) is 18.1. The van der Waals surface area contributed by atoms with Crippen LogP contribution in [0.4, 0.5) is 0 Å². The predicted molar refractivity (Wildman–Crippen MR) is 150 cm³/mol. The van der Waals surface area contributed by atoms with Gasteiger partial charge in [-0.25, -0.2) is 16.4 Å². The Hall–Kier alpha value is -4.06. The molecule has 7 rings (SSSR count). The van der Waals surface area contributed by atoms with Gasteiger partial charge in [-0.3, -0.25) is 9.59 Å². The summed E-state index contributed by atoms with van der Waals surface area (Å²) in [6.45, 7) is 7.77. The first kappa shape index (κ1) is 23.3. The second-order valence-corrected chi connectivity index (χ2v) is 10.4. The fourth-order valence-electron chi connectivity index (χ4n) is 5.37. The molecule has 3 aromatic carbocycles. The number of benzene rings is 3. The molecule has 4 aliphatic rings. The Balaban J connectivity index is 0.000000138. The largest absolute Gasteiger partial charge is 0.365 e. The first-order valence-corrected chi connectivity index (χ1v) is 13.2. The molecule has 3 saturated heterocycles. The summed E-state index contributed by atoms with van der Waals surface area (Å²) in [5, 5.41) is 0. The number of carbonyl (C=O) groups is 2. The lowest BCUT2D eigenvalue weighted by Gasteiger charge is -2.39. The third kappa shape index (κ3) is 4.60. The van der Waals surface area contributed by atoms with E-state index in [1.165, 1.54) is 22.5 Å². The van der Waals surface area contributed by atoms with Gasteiger partial charge in [0.25, 0.3) is 0 Å². The van der Waals surface area contributed by atoms with E-state index in [0.29, 0.717) is 17.1 Å². The summed E-state index contributed by atoms with van der Waals surface area (Å²) in [7, 11) is 0. The van der Waals surface area contributed by atoms with Gasteiger partial charge in [-0.15, -0.1) is 0 Å². The van der Waals surface area contributed by atoms with Gasteiger partial charge < -0.3 is 14.7 Å². The minimum atomic E-state index is -0.912. The topological polar surface area (TPSA) is 43.2 Å². The van der Waals surface area contributed by atoms with Crippen molar-refractivity contribution in [1.82, 2.24) is 14.7 Å². The summed E-state index contributed by atoms with van der Waals surface area (Å²) in [6.07, 6.45) is 0.612. The van der Waals surface area contributed by atoms with Gasteiger partial charge in [0.15, 0.2) is 0 Å². The molecule has 6 heteroatoms. The van der Waals surface area contributed by atoms with Crippen LogP contribution in [0.15, 0.2) is 114 Å². The molecule has 3 heterocycles. The molecule has 186 valence electrons. The Kier molecular flexibility index (Phi) is 5.95. The average Bonchev–Trinajstić information content (AvgIpc) is 3.79. The lowest BCUT2D eigenvalue weighted by molar-refractivity contribution is -0.117. The van der Waals surface area contributed by atoms with E-state index in [2.05, 4.69) is 97.8 Å². The molecule has 0 amide bonds. The van der Waals surface area contributed by atoms with Crippen molar-refractivity contribution < 1.29 is 9.59 Å². The smallest absolute Gasteiger partial charge is 0.227 e. The van der Waals surface area contributed by atoms with Crippen LogP contribution in [0.25, 0.3) is 0 Å². The van der Waals surface area contributed by atoms with Crippen LogP contribution in [-0.4, -0.2) is 71.7 Å². The minimum absolute atomic E-state index is 0.00546. The zero-order valence-corrected chi connectivity index (χ0v) is 21.2. The summed E-state index contributed by atoms with van der Waals surface area (Å²) in [5.41, 5.74) is 6.03. The Morgan fingerprint density at radius 2 is 0.919 bits per heavy atom. The molecule has 3 aliphatic heterocycles. The van der Waals surface area contributed by atoms with Crippen molar-refractivity contribution in [3.63, 3.8) is 0 Å². The second kappa shape index (κ2) is 9.43. The third-order valence-electron chi connectivity index (χ3n) is 7.89. The SMILES string of the molecule is C[B-](c1ccccc1)(c1ccccc1)c1ccccc1.O=C1C=C(N2CC2)C(=O)C(N2CC2)=C1N1CC1. The number of hydrogen-bond donors (Lipinski definition) is 0. The maximum atomic E-state index is 12.4. The summed E-state index contributed by atoms with van der Waals surface area (Å²) >= 11 is 0. The maximum absolute atomic E-state index is 12.4. The molecule has 3 aromatic rings. The monoisotopic (exact) mass is 488 g/mol. The molecule has 0 aromatic heterocycles. The van der Waals surface area contributed by atoms with Gasteiger partial charge in [0.05, 0.1) is 11.8 Å². The molecule has 0 N–H and O–H groups in total. The lowest BCUT2D eigenvalue weighted by Crippen LogP contribution is -2.64. The Labute approximate surface area is 218 Å². The van der Waals surface area contributed by atoms with Crippen LogP contribution in [0, 0.1) is 0 Å². The number of rotatable bonds is 6. The first-order valence-electron chi connectivity index (χ1n) is 13.2. The van der Waals surface area contributed by atoms with Crippen LogP contribution in [0.5, 0.6) is 0 Å². The van der Waals surface area contributed by atoms with E-state index in [4.69, 9.17) is 0 Å². The molecule has 3 fully saturated rings. The number of allylic oxidation sites excluding steroid dienone is 1. The summed E-state index contributed by atoms with van der Waals surface area (Å²) in [4.78, 5) is 30.5. The Morgan fingerprint density at radius 1 is 0.541 bits per heavy atom. The van der Waals surface area contributed by atoms with E-state index in [0.717, 1.165) is 39.3 Å². The van der Waals surface area contributed by atoms with Gasteiger partial charge in [-0.05, 0) is 0 Å². The quantitative estimate of drug-likeness (QED) is 0.302. The van der Waals surface area contributed by atoms with Gasteiger partial charge in [-0.2, -0.15) is 6.82 Å². The van der Waals surface area contributed by atoms with E-state index in [1.54, 1.807) is 0 Å². The van der Waals surface area contributed by atoms with Crippen molar-refractivity contribution in [1.29, 1.82) is 0 Å². The van der Waals surface area contributed by atoms with Gasteiger partial charge in [0.1, 0.15) is 11.4 Å². The molecule has 0 radical (unpaired) electrons. The molecular weight excluding hydrogens is 457 g/mol. The predicted octanol–water partition coefficient (Wildman–Crippen LogP) is 1.97. The maximum Gasteiger partial charge on any atom is 0.227 e. The summed E-state index contributed by atoms with van der Waals surface area (Å²) in [5.74, 6) is 0.0485. The van der Waals surface area contributed by atoms with Crippen LogP contribution >= 0.6 is 0 Å². The van der Waals surface area contributed by atoms with Gasteiger partial charge in [-0.1, -0.05) is 91.0 Å². The highest BCUT2D eigenvalue weighted by Gasteiger charge is 2.43. The molecule has 5 nitrogen and oxygen atoms in total. The van der Waals surface area contributed by atoms with Crippen LogP contribution in [0.1, 0.15) is 0 Å². The Morgan fingerprint density at radius 3 is 1.30 bits per heavy atom. The molecule has 1 aliphatic carbocycles. The molecule has 0 atom stereocenters. The van der Waals surface area contributed by atoms with Gasteiger partial charge in [0, 0.05) is 45.3 Å². The van der Waals surface area contributed by atoms with Gasteiger partial charge in [0.2, 0.25) is 11.6 Å². The highest BCUT2D eigenvalue weighted by Crippen LogP contribution is 2.33. The highest BCUT2D eigenvalue weighted by atomic mass is 16.1. The number of hydrogen-bond acceptors (Lipinski definition) is 5. The van der Waals surface area contributed by atoms with Crippen molar-refractivity contribution in [2.45, 2.75) is 6.82 Å². The molecular formula is C31H31BN3O2-. The lowest BCUT2D eigenvalue weighted by atomic mass is 9.17. The molecule has 0 saturated carbocycles. The van der Waals surface area contributed by atoms with Crippen molar-refractivity contribution in [2.75, 3.05) is 39.3 Å². The van der Waals surface area contributed by atoms with E-state index in [9.17, 15) is 9.59 Å². The zero-order chi connectivity index (χ0) is 25.4. The average molecular weight is 488 g/mol. The standard InChI is InChI=1S/C19H18B.C12H13N3O2/c1-20(17-11-5-2-6-12-17,18-13-7-3-8-14-18)19-15-9-4-10-16-19;16-9-7-8(13-1-2-13)12(17)11(15-5-6-15)10(9)14-3-4-14/h2-16H,1H3;7H,1-6H2/q-1;. The summed E-state index contributed by atoms with van der Waals surface area (Å²) < 4.78 is 0. The number of ketones is 2. The van der Waals surface area contributed by atoms with Crippen molar-refractivity contribution in [3.05, 3.63) is 114 Å². The molecule has 0 bridgehead atoms. The zero-order valence-electron chi connectivity index (χ0n) is 21.2. The molecule has 0 spiro atoms. The number of carbonyl (C=O) groups excluding carboxylic acids is 2. The normalized spacial score (nSPS) is 18.3. The fraction of sp³-hybridized carbons (Fsp3) is 0.226. The van der Waals surface area contributed by atoms with Crippen LogP contribution in [0.3, 0.4) is 0 Å². The van der Waals surface area contributed by atoms with E-state index < -0.39 is 6.15 Å².